The quantitative estimate of drug-likeness (QED) is 0.512. The van der Waals surface area contributed by atoms with Gasteiger partial charge in [0.05, 0.1) is 12.3 Å². The molecular weight excluding hydrogens is 250 g/mol. The largest absolute Gasteiger partial charge is 0.506 e. The van der Waals surface area contributed by atoms with Crippen molar-refractivity contribution in [1.82, 2.24) is 4.98 Å². The fraction of sp³-hybridized carbons (Fsp3) is 0.588. The lowest BCUT2D eigenvalue weighted by Gasteiger charge is -2.13. The zero-order chi connectivity index (χ0) is 14.8. The Morgan fingerprint density at radius 3 is 2.85 bits per heavy atom. The van der Waals surface area contributed by atoms with Gasteiger partial charge in [-0.05, 0) is 32.6 Å². The van der Waals surface area contributed by atoms with Crippen molar-refractivity contribution in [2.45, 2.75) is 59.0 Å². The van der Waals surface area contributed by atoms with E-state index < -0.39 is 0 Å². The first-order valence-corrected chi connectivity index (χ1v) is 7.55. The second-order valence-corrected chi connectivity index (χ2v) is 5.14. The Kier molecular flexibility index (Phi) is 7.97. The lowest BCUT2D eigenvalue weighted by atomic mass is 10.0. The Labute approximate surface area is 122 Å². The highest BCUT2D eigenvalue weighted by Crippen LogP contribution is 2.26. The van der Waals surface area contributed by atoms with E-state index in [2.05, 4.69) is 18.5 Å². The van der Waals surface area contributed by atoms with Crippen LogP contribution in [0.4, 0.5) is 0 Å². The van der Waals surface area contributed by atoms with E-state index in [-0.39, 0.29) is 0 Å². The summed E-state index contributed by atoms with van der Waals surface area (Å²) in [5.41, 5.74) is 2.68. The van der Waals surface area contributed by atoms with Crippen molar-refractivity contribution in [3.05, 3.63) is 35.7 Å². The maximum atomic E-state index is 10.2. The Hall–Kier alpha value is -1.35. The van der Waals surface area contributed by atoms with Crippen LogP contribution in [-0.4, -0.2) is 16.7 Å². The van der Waals surface area contributed by atoms with Crippen molar-refractivity contribution >= 4 is 0 Å². The summed E-state index contributed by atoms with van der Waals surface area (Å²) in [5, 5.41) is 10.2. The van der Waals surface area contributed by atoms with Gasteiger partial charge < -0.3 is 9.84 Å². The molecule has 0 aliphatic carbocycles. The van der Waals surface area contributed by atoms with Gasteiger partial charge in [-0.3, -0.25) is 4.98 Å². The lowest BCUT2D eigenvalue weighted by molar-refractivity contribution is 0.116. The molecule has 1 aromatic heterocycles. The number of aromatic nitrogens is 1. The van der Waals surface area contributed by atoms with Crippen molar-refractivity contribution in [3.63, 3.8) is 0 Å². The summed E-state index contributed by atoms with van der Waals surface area (Å²) >= 11 is 0. The Bertz CT molecular complexity index is 416. The molecule has 1 aromatic rings. The summed E-state index contributed by atoms with van der Waals surface area (Å²) in [6, 6.07) is 0. The standard InChI is InChI=1S/C17H27NO2/c1-4-6-8-10-16-15(12-18-14(3)17(16)19)13-20-11-9-7-5-2/h4,12,19H,1,5-11,13H2,2-3H3. The minimum atomic E-state index is 0.323. The molecule has 0 aliphatic heterocycles. The van der Waals surface area contributed by atoms with Gasteiger partial charge in [0.1, 0.15) is 5.75 Å². The zero-order valence-electron chi connectivity index (χ0n) is 12.8. The molecule has 0 bridgehead atoms. The number of aromatic hydroxyl groups is 1. The second-order valence-electron chi connectivity index (χ2n) is 5.14. The highest BCUT2D eigenvalue weighted by atomic mass is 16.5. The third-order valence-corrected chi connectivity index (χ3v) is 3.42. The van der Waals surface area contributed by atoms with Crippen molar-refractivity contribution < 1.29 is 9.84 Å². The Balaban J connectivity index is 2.63. The molecule has 0 aromatic carbocycles. The summed E-state index contributed by atoms with van der Waals surface area (Å²) in [6.45, 7) is 9.05. The van der Waals surface area contributed by atoms with Crippen LogP contribution in [0.3, 0.4) is 0 Å². The molecule has 20 heavy (non-hydrogen) atoms. The van der Waals surface area contributed by atoms with Crippen LogP contribution in [0.1, 0.15) is 55.8 Å². The van der Waals surface area contributed by atoms with Gasteiger partial charge in [0.2, 0.25) is 0 Å². The van der Waals surface area contributed by atoms with E-state index in [4.69, 9.17) is 4.74 Å². The van der Waals surface area contributed by atoms with Gasteiger partial charge in [0.15, 0.2) is 0 Å². The van der Waals surface area contributed by atoms with Crippen LogP contribution in [0.15, 0.2) is 18.9 Å². The van der Waals surface area contributed by atoms with Crippen LogP contribution in [0.2, 0.25) is 0 Å². The van der Waals surface area contributed by atoms with Crippen LogP contribution >= 0.6 is 0 Å². The number of rotatable bonds is 10. The average molecular weight is 277 g/mol. The molecule has 0 unspecified atom stereocenters. The molecule has 0 fully saturated rings. The monoisotopic (exact) mass is 277 g/mol. The van der Waals surface area contributed by atoms with Crippen molar-refractivity contribution in [1.29, 1.82) is 0 Å². The number of hydrogen-bond donors (Lipinski definition) is 1. The predicted octanol–water partition coefficient (Wildman–Crippen LogP) is 4.31. The van der Waals surface area contributed by atoms with Crippen LogP contribution in [0.5, 0.6) is 5.75 Å². The third kappa shape index (κ3) is 5.33. The summed E-state index contributed by atoms with van der Waals surface area (Å²) in [5.74, 6) is 0.323. The topological polar surface area (TPSA) is 42.4 Å². The Morgan fingerprint density at radius 1 is 1.35 bits per heavy atom. The fourth-order valence-corrected chi connectivity index (χ4v) is 2.15. The third-order valence-electron chi connectivity index (χ3n) is 3.42. The van der Waals surface area contributed by atoms with Crippen LogP contribution in [-0.2, 0) is 17.8 Å². The van der Waals surface area contributed by atoms with Crippen molar-refractivity contribution in [2.24, 2.45) is 0 Å². The van der Waals surface area contributed by atoms with Crippen molar-refractivity contribution in [3.8, 4) is 5.75 Å². The minimum absolute atomic E-state index is 0.323. The number of pyridine rings is 1. The normalized spacial score (nSPS) is 10.7. The molecule has 1 rings (SSSR count). The van der Waals surface area contributed by atoms with Crippen LogP contribution in [0.25, 0.3) is 0 Å². The van der Waals surface area contributed by atoms with E-state index in [1.807, 2.05) is 19.2 Å². The van der Waals surface area contributed by atoms with E-state index in [1.165, 1.54) is 12.8 Å². The second kappa shape index (κ2) is 9.54. The Morgan fingerprint density at radius 2 is 2.15 bits per heavy atom. The molecule has 1 heterocycles. The summed E-state index contributed by atoms with van der Waals surface area (Å²) < 4.78 is 5.69. The molecule has 0 atom stereocenters. The summed E-state index contributed by atoms with van der Waals surface area (Å²) in [4.78, 5) is 4.23. The molecule has 112 valence electrons. The van der Waals surface area contributed by atoms with Crippen LogP contribution < -0.4 is 0 Å². The molecule has 3 heteroatoms. The van der Waals surface area contributed by atoms with Crippen LogP contribution in [0, 0.1) is 6.92 Å². The molecule has 0 spiro atoms. The van der Waals surface area contributed by atoms with E-state index >= 15 is 0 Å². The predicted molar refractivity (Wildman–Crippen MR) is 83.0 cm³/mol. The van der Waals surface area contributed by atoms with E-state index in [9.17, 15) is 5.11 Å². The number of hydrogen-bond acceptors (Lipinski definition) is 3. The van der Waals surface area contributed by atoms with E-state index in [1.54, 1.807) is 0 Å². The van der Waals surface area contributed by atoms with Gasteiger partial charge in [-0.15, -0.1) is 6.58 Å². The number of unbranched alkanes of at least 4 members (excludes halogenated alkanes) is 3. The first-order chi connectivity index (χ1) is 9.70. The highest BCUT2D eigenvalue weighted by Gasteiger charge is 2.11. The molecule has 0 saturated heterocycles. The smallest absolute Gasteiger partial charge is 0.140 e. The molecule has 0 radical (unpaired) electrons. The SMILES string of the molecule is C=CCCCc1c(COCCCCC)cnc(C)c1O. The van der Waals surface area contributed by atoms with Gasteiger partial charge >= 0.3 is 0 Å². The summed E-state index contributed by atoms with van der Waals surface area (Å²) in [6.07, 6.45) is 10.0. The minimum Gasteiger partial charge on any atom is -0.506 e. The van der Waals surface area contributed by atoms with Gasteiger partial charge in [0, 0.05) is 23.9 Å². The van der Waals surface area contributed by atoms with E-state index in [0.717, 1.165) is 43.4 Å². The average Bonchev–Trinajstić information content (AvgIpc) is 2.45. The summed E-state index contributed by atoms with van der Waals surface area (Å²) in [7, 11) is 0. The molecule has 0 saturated carbocycles. The van der Waals surface area contributed by atoms with Crippen molar-refractivity contribution in [2.75, 3.05) is 6.61 Å². The molecule has 0 amide bonds. The molecule has 0 aliphatic rings. The maximum Gasteiger partial charge on any atom is 0.140 e. The zero-order valence-corrected chi connectivity index (χ0v) is 12.8. The first kappa shape index (κ1) is 16.7. The number of ether oxygens (including phenoxy) is 1. The fourth-order valence-electron chi connectivity index (χ4n) is 2.15. The van der Waals surface area contributed by atoms with E-state index in [0.29, 0.717) is 18.1 Å². The lowest BCUT2D eigenvalue weighted by Crippen LogP contribution is -2.03. The maximum absolute atomic E-state index is 10.2. The molecule has 1 N–H and O–H groups in total. The highest BCUT2D eigenvalue weighted by molar-refractivity contribution is 5.40. The molecule has 3 nitrogen and oxygen atoms in total. The van der Waals surface area contributed by atoms with Gasteiger partial charge in [-0.25, -0.2) is 0 Å². The number of aryl methyl sites for hydroxylation is 1. The van der Waals surface area contributed by atoms with Gasteiger partial charge in [-0.1, -0.05) is 25.8 Å². The number of allylic oxidation sites excluding steroid dienone is 1. The van der Waals surface area contributed by atoms with Gasteiger partial charge in [-0.2, -0.15) is 0 Å². The first-order valence-electron chi connectivity index (χ1n) is 7.55. The van der Waals surface area contributed by atoms with Gasteiger partial charge in [0.25, 0.3) is 0 Å². The number of nitrogens with zero attached hydrogens (tertiary/aromatic N) is 1. The molecular formula is C17H27NO2.